The lowest BCUT2D eigenvalue weighted by molar-refractivity contribution is -0.145. The molecule has 1 saturated carbocycles. The summed E-state index contributed by atoms with van der Waals surface area (Å²) in [4.78, 5) is 11.1. The van der Waals surface area contributed by atoms with Crippen molar-refractivity contribution in [2.75, 3.05) is 6.61 Å². The Hall–Kier alpha value is -0.570. The Balaban J connectivity index is 2.29. The van der Waals surface area contributed by atoms with Crippen molar-refractivity contribution in [3.05, 3.63) is 0 Å². The van der Waals surface area contributed by atoms with Gasteiger partial charge in [-0.05, 0) is 25.7 Å². The number of ether oxygens (including phenoxy) is 1. The Morgan fingerprint density at radius 1 is 1.46 bits per heavy atom. The Kier molecular flexibility index (Phi) is 4.22. The van der Waals surface area contributed by atoms with E-state index in [1.54, 1.807) is 6.92 Å². The zero-order chi connectivity index (χ0) is 9.68. The van der Waals surface area contributed by atoms with Gasteiger partial charge in [-0.2, -0.15) is 0 Å². The summed E-state index contributed by atoms with van der Waals surface area (Å²) in [5.74, 6) is -0.0405. The van der Waals surface area contributed by atoms with Gasteiger partial charge in [0.15, 0.2) is 0 Å². The van der Waals surface area contributed by atoms with Crippen LogP contribution in [-0.2, 0) is 9.53 Å². The monoisotopic (exact) mass is 186 g/mol. The zero-order valence-corrected chi connectivity index (χ0v) is 8.16. The smallest absolute Gasteiger partial charge is 0.306 e. The van der Waals surface area contributed by atoms with E-state index < -0.39 is 0 Å². The first-order chi connectivity index (χ1) is 6.24. The molecule has 1 rings (SSSR count). The van der Waals surface area contributed by atoms with Crippen LogP contribution in [0.25, 0.3) is 0 Å². The van der Waals surface area contributed by atoms with Gasteiger partial charge in [-0.15, -0.1) is 0 Å². The van der Waals surface area contributed by atoms with Crippen LogP contribution in [0.1, 0.15) is 39.0 Å². The number of carbonyl (C=O) groups excluding carboxylic acids is 1. The van der Waals surface area contributed by atoms with Crippen LogP contribution >= 0.6 is 0 Å². The van der Waals surface area contributed by atoms with Crippen molar-refractivity contribution in [1.29, 1.82) is 0 Å². The van der Waals surface area contributed by atoms with Crippen molar-refractivity contribution in [2.45, 2.75) is 45.1 Å². The molecule has 0 aromatic rings. The van der Waals surface area contributed by atoms with E-state index in [0.717, 1.165) is 25.7 Å². The van der Waals surface area contributed by atoms with Gasteiger partial charge in [0, 0.05) is 0 Å². The largest absolute Gasteiger partial charge is 0.466 e. The highest BCUT2D eigenvalue weighted by Crippen LogP contribution is 2.27. The molecule has 0 bridgehead atoms. The molecule has 0 saturated heterocycles. The van der Waals surface area contributed by atoms with Crippen LogP contribution in [0.15, 0.2) is 0 Å². The maximum Gasteiger partial charge on any atom is 0.306 e. The quantitative estimate of drug-likeness (QED) is 0.679. The number of esters is 1. The summed E-state index contributed by atoms with van der Waals surface area (Å²) in [5, 5.41) is 9.58. The SMILES string of the molecule is CCOC(=O)C[C@H]1CCCC[C@H]1O. The van der Waals surface area contributed by atoms with Crippen LogP contribution in [0.2, 0.25) is 0 Å². The lowest BCUT2D eigenvalue weighted by Crippen LogP contribution is -2.27. The molecular formula is C10H18O3. The van der Waals surface area contributed by atoms with Gasteiger partial charge < -0.3 is 9.84 Å². The predicted molar refractivity (Wildman–Crippen MR) is 49.2 cm³/mol. The number of carbonyl (C=O) groups is 1. The minimum atomic E-state index is -0.293. The molecule has 1 N–H and O–H groups in total. The standard InChI is InChI=1S/C10H18O3/c1-2-13-10(12)7-8-5-3-4-6-9(8)11/h8-9,11H,2-7H2,1H3/t8-,9-/m1/s1. The highest BCUT2D eigenvalue weighted by atomic mass is 16.5. The Labute approximate surface area is 79.1 Å². The third-order valence-electron chi connectivity index (χ3n) is 2.60. The molecule has 0 heterocycles. The topological polar surface area (TPSA) is 46.5 Å². The number of hydrogen-bond acceptors (Lipinski definition) is 3. The lowest BCUT2D eigenvalue weighted by Gasteiger charge is -2.26. The Bertz CT molecular complexity index is 168. The van der Waals surface area contributed by atoms with Gasteiger partial charge in [0.2, 0.25) is 0 Å². The summed E-state index contributed by atoms with van der Waals surface area (Å²) in [6.07, 6.45) is 4.10. The van der Waals surface area contributed by atoms with Crippen LogP contribution in [0.4, 0.5) is 0 Å². The van der Waals surface area contributed by atoms with E-state index in [1.165, 1.54) is 0 Å². The minimum absolute atomic E-state index is 0.132. The van der Waals surface area contributed by atoms with E-state index in [2.05, 4.69) is 0 Å². The maximum atomic E-state index is 11.1. The Morgan fingerprint density at radius 2 is 2.15 bits per heavy atom. The van der Waals surface area contributed by atoms with E-state index in [9.17, 15) is 9.90 Å². The summed E-state index contributed by atoms with van der Waals surface area (Å²) in [7, 11) is 0. The second-order valence-electron chi connectivity index (χ2n) is 3.62. The number of rotatable bonds is 3. The van der Waals surface area contributed by atoms with Crippen molar-refractivity contribution < 1.29 is 14.6 Å². The predicted octanol–water partition coefficient (Wildman–Crippen LogP) is 1.49. The van der Waals surface area contributed by atoms with Crippen LogP contribution in [0, 0.1) is 5.92 Å². The second kappa shape index (κ2) is 5.22. The number of aliphatic hydroxyl groups is 1. The molecule has 0 unspecified atom stereocenters. The van der Waals surface area contributed by atoms with Crippen LogP contribution in [0.3, 0.4) is 0 Å². The molecule has 0 aromatic carbocycles. The average Bonchev–Trinajstić information content (AvgIpc) is 2.09. The fraction of sp³-hybridized carbons (Fsp3) is 0.900. The highest BCUT2D eigenvalue weighted by molar-refractivity contribution is 5.69. The van der Waals surface area contributed by atoms with Gasteiger partial charge in [0.1, 0.15) is 0 Å². The van der Waals surface area contributed by atoms with Gasteiger partial charge >= 0.3 is 5.97 Å². The molecule has 1 fully saturated rings. The van der Waals surface area contributed by atoms with E-state index >= 15 is 0 Å². The number of hydrogen-bond donors (Lipinski definition) is 1. The first-order valence-electron chi connectivity index (χ1n) is 5.07. The highest BCUT2D eigenvalue weighted by Gasteiger charge is 2.25. The molecule has 1 aliphatic rings. The Morgan fingerprint density at radius 3 is 2.77 bits per heavy atom. The first kappa shape index (κ1) is 10.5. The molecular weight excluding hydrogens is 168 g/mol. The van der Waals surface area contributed by atoms with Crippen molar-refractivity contribution >= 4 is 5.97 Å². The van der Waals surface area contributed by atoms with Crippen molar-refractivity contribution in [1.82, 2.24) is 0 Å². The van der Waals surface area contributed by atoms with Gasteiger partial charge in [0.25, 0.3) is 0 Å². The third kappa shape index (κ3) is 3.35. The lowest BCUT2D eigenvalue weighted by atomic mass is 9.84. The van der Waals surface area contributed by atoms with Crippen LogP contribution < -0.4 is 0 Å². The summed E-state index contributed by atoms with van der Waals surface area (Å²) in [6.45, 7) is 2.23. The normalized spacial score (nSPS) is 28.5. The van der Waals surface area contributed by atoms with Gasteiger partial charge in [-0.1, -0.05) is 12.8 Å². The average molecular weight is 186 g/mol. The minimum Gasteiger partial charge on any atom is -0.466 e. The van der Waals surface area contributed by atoms with Gasteiger partial charge in [0.05, 0.1) is 19.1 Å². The fourth-order valence-corrected chi connectivity index (χ4v) is 1.86. The molecule has 0 aromatic heterocycles. The van der Waals surface area contributed by atoms with E-state index in [0.29, 0.717) is 13.0 Å². The van der Waals surface area contributed by atoms with Crippen molar-refractivity contribution in [3.63, 3.8) is 0 Å². The maximum absolute atomic E-state index is 11.1. The first-order valence-corrected chi connectivity index (χ1v) is 5.07. The van der Waals surface area contributed by atoms with Gasteiger partial charge in [-0.3, -0.25) is 4.79 Å². The summed E-state index contributed by atoms with van der Waals surface area (Å²) in [5.41, 5.74) is 0. The molecule has 3 nitrogen and oxygen atoms in total. The second-order valence-corrected chi connectivity index (χ2v) is 3.62. The molecule has 76 valence electrons. The summed E-state index contributed by atoms with van der Waals surface area (Å²) < 4.78 is 4.84. The van der Waals surface area contributed by atoms with Crippen LogP contribution in [-0.4, -0.2) is 23.8 Å². The summed E-state index contributed by atoms with van der Waals surface area (Å²) in [6, 6.07) is 0. The number of aliphatic hydroxyl groups excluding tert-OH is 1. The molecule has 0 radical (unpaired) electrons. The molecule has 0 aliphatic heterocycles. The van der Waals surface area contributed by atoms with E-state index in [4.69, 9.17) is 4.74 Å². The molecule has 1 aliphatic carbocycles. The molecule has 0 spiro atoms. The van der Waals surface area contributed by atoms with E-state index in [-0.39, 0.29) is 18.0 Å². The molecule has 0 amide bonds. The molecule has 13 heavy (non-hydrogen) atoms. The van der Waals surface area contributed by atoms with Crippen molar-refractivity contribution in [3.8, 4) is 0 Å². The zero-order valence-electron chi connectivity index (χ0n) is 8.16. The van der Waals surface area contributed by atoms with E-state index in [1.807, 2.05) is 0 Å². The fourth-order valence-electron chi connectivity index (χ4n) is 1.86. The summed E-state index contributed by atoms with van der Waals surface area (Å²) >= 11 is 0. The van der Waals surface area contributed by atoms with Gasteiger partial charge in [-0.25, -0.2) is 0 Å². The molecule has 3 heteroatoms. The molecule has 2 atom stereocenters. The van der Waals surface area contributed by atoms with Crippen LogP contribution in [0.5, 0.6) is 0 Å². The third-order valence-corrected chi connectivity index (χ3v) is 2.60. The van der Waals surface area contributed by atoms with Crippen molar-refractivity contribution in [2.24, 2.45) is 5.92 Å².